The number of nitrogens with one attached hydrogen (secondary N) is 3. The lowest BCUT2D eigenvalue weighted by Gasteiger charge is -2.14. The number of rotatable bonds is 14. The number of carbonyl (C=O) groups is 4. The van der Waals surface area contributed by atoms with Crippen LogP contribution in [0.1, 0.15) is 42.2 Å². The maximum Gasteiger partial charge on any atom is 0.326 e. The fraction of sp³-hybridized carbons (Fsp3) is 0.360. The van der Waals surface area contributed by atoms with Gasteiger partial charge in [0.2, 0.25) is 5.95 Å². The fourth-order valence-electron chi connectivity index (χ4n) is 3.23. The van der Waals surface area contributed by atoms with E-state index in [-0.39, 0.29) is 42.1 Å². The van der Waals surface area contributed by atoms with Crippen molar-refractivity contribution in [3.63, 3.8) is 0 Å². The molecule has 1 amide bonds. The molecule has 2 aromatic heterocycles. The Morgan fingerprint density at radius 1 is 1.05 bits per heavy atom. The summed E-state index contributed by atoms with van der Waals surface area (Å²) in [6.45, 7) is 2.27. The Morgan fingerprint density at radius 2 is 1.74 bits per heavy atom. The van der Waals surface area contributed by atoms with Crippen molar-refractivity contribution in [2.24, 2.45) is 5.73 Å². The third-order valence-electron chi connectivity index (χ3n) is 5.45. The van der Waals surface area contributed by atoms with Crippen molar-refractivity contribution in [1.82, 2.24) is 25.3 Å². The summed E-state index contributed by atoms with van der Waals surface area (Å²) >= 11 is 1.71. The van der Waals surface area contributed by atoms with Gasteiger partial charge in [-0.25, -0.2) is 14.8 Å². The van der Waals surface area contributed by atoms with Gasteiger partial charge in [0, 0.05) is 17.7 Å². The minimum Gasteiger partial charge on any atom is -0.481 e. The Balaban J connectivity index is 0.000000528. The van der Waals surface area contributed by atoms with Crippen molar-refractivity contribution in [3.05, 3.63) is 52.1 Å². The van der Waals surface area contributed by atoms with Crippen LogP contribution >= 0.6 is 11.8 Å². The monoisotopic (exact) mass is 604 g/mol. The number of anilines is 2. The van der Waals surface area contributed by atoms with Crippen LogP contribution < -0.4 is 27.7 Å². The second kappa shape index (κ2) is 16.5. The first-order chi connectivity index (χ1) is 19.9. The molecule has 3 rings (SSSR count). The van der Waals surface area contributed by atoms with E-state index in [1.807, 2.05) is 6.92 Å². The van der Waals surface area contributed by atoms with Crippen LogP contribution in [0.3, 0.4) is 0 Å². The number of nitrogens with two attached hydrogens (primary N) is 2. The normalized spacial score (nSPS) is 12.0. The molecule has 2 atom stereocenters. The van der Waals surface area contributed by atoms with Gasteiger partial charge in [0.1, 0.15) is 12.1 Å². The highest BCUT2D eigenvalue weighted by Crippen LogP contribution is 2.12. The maximum absolute atomic E-state index is 12.3. The minimum absolute atomic E-state index is 0.0524. The molecule has 0 spiro atoms. The summed E-state index contributed by atoms with van der Waals surface area (Å²) in [6, 6.07) is 4.18. The molecule has 226 valence electrons. The van der Waals surface area contributed by atoms with Crippen LogP contribution in [-0.2, 0) is 20.9 Å². The second-order valence-electron chi connectivity index (χ2n) is 8.64. The number of thioether (sulfide) groups is 1. The number of aromatic nitrogens is 4. The van der Waals surface area contributed by atoms with E-state index < -0.39 is 41.5 Å². The van der Waals surface area contributed by atoms with E-state index in [1.54, 1.807) is 23.9 Å². The first-order valence-corrected chi connectivity index (χ1v) is 13.7. The quantitative estimate of drug-likeness (QED) is 0.116. The number of hydrogen-bond acceptors (Lipinski definition) is 12. The van der Waals surface area contributed by atoms with Gasteiger partial charge in [-0.1, -0.05) is 6.92 Å². The molecule has 0 saturated heterocycles. The number of nitrogen functional groups attached to an aromatic ring is 1. The molecule has 0 aliphatic heterocycles. The van der Waals surface area contributed by atoms with Crippen molar-refractivity contribution >= 4 is 58.4 Å². The average molecular weight is 605 g/mol. The Morgan fingerprint density at radius 3 is 2.33 bits per heavy atom. The molecule has 2 heterocycles. The molecule has 0 radical (unpaired) electrons. The van der Waals surface area contributed by atoms with Crippen LogP contribution in [-0.4, -0.2) is 82.7 Å². The average Bonchev–Trinajstić information content (AvgIpc) is 2.94. The number of aromatic amines is 1. The maximum atomic E-state index is 12.3. The summed E-state index contributed by atoms with van der Waals surface area (Å²) in [7, 11) is 0. The van der Waals surface area contributed by atoms with E-state index in [2.05, 4.69) is 30.6 Å². The van der Waals surface area contributed by atoms with Gasteiger partial charge in [-0.15, -0.1) is 0 Å². The number of carbonyl (C=O) groups excluding carboxylic acids is 1. The summed E-state index contributed by atoms with van der Waals surface area (Å²) in [4.78, 5) is 70.7. The number of fused-ring (bicyclic) bond motifs is 1. The first kappa shape index (κ1) is 33.4. The Hall–Kier alpha value is -4.77. The highest BCUT2D eigenvalue weighted by atomic mass is 32.2. The number of nitrogens with zero attached hydrogens (tertiary/aromatic N) is 3. The number of amides is 1. The smallest absolute Gasteiger partial charge is 0.326 e. The third kappa shape index (κ3) is 11.0. The molecule has 0 fully saturated rings. The van der Waals surface area contributed by atoms with Gasteiger partial charge in [0.15, 0.2) is 11.2 Å². The molecule has 42 heavy (non-hydrogen) atoms. The lowest BCUT2D eigenvalue weighted by Crippen LogP contribution is -2.41. The number of carboxylic acid groups (broad SMARTS) is 3. The van der Waals surface area contributed by atoms with Crippen LogP contribution in [0, 0.1) is 0 Å². The van der Waals surface area contributed by atoms with Gasteiger partial charge in [-0.05, 0) is 48.6 Å². The Bertz CT molecular complexity index is 1450. The number of benzene rings is 1. The van der Waals surface area contributed by atoms with Crippen LogP contribution in [0.25, 0.3) is 11.2 Å². The highest BCUT2D eigenvalue weighted by molar-refractivity contribution is 7.99. The SMILES string of the molecule is CCSCC[C@H](N)C(=O)O.Nc1nc2ncc(CNc3ccc(C(=O)NC(CCC(=O)O)C(=O)O)cc3)nc2c(=O)[nH]1. The molecule has 0 saturated carbocycles. The number of carboxylic acids is 3. The van der Waals surface area contributed by atoms with Gasteiger partial charge in [-0.2, -0.15) is 16.7 Å². The minimum atomic E-state index is -1.31. The zero-order chi connectivity index (χ0) is 31.2. The lowest BCUT2D eigenvalue weighted by molar-refractivity contribution is -0.141. The topological polar surface area (TPSA) is 277 Å². The first-order valence-electron chi connectivity index (χ1n) is 12.6. The van der Waals surface area contributed by atoms with E-state index in [1.165, 1.54) is 18.3 Å². The zero-order valence-corrected chi connectivity index (χ0v) is 23.4. The molecule has 3 aromatic rings. The van der Waals surface area contributed by atoms with Crippen molar-refractivity contribution < 1.29 is 34.5 Å². The van der Waals surface area contributed by atoms with Crippen LogP contribution in [0.4, 0.5) is 11.6 Å². The highest BCUT2D eigenvalue weighted by Gasteiger charge is 2.21. The van der Waals surface area contributed by atoms with Gasteiger partial charge in [0.25, 0.3) is 11.5 Å². The second-order valence-corrected chi connectivity index (χ2v) is 10.0. The standard InChI is InChI=1S/C19H19N7O6.C6H13NO2S/c20-19-25-15-14(17(30)26-19)23-11(8-22-15)7-21-10-3-1-9(2-4-10)16(29)24-12(18(31)32)5-6-13(27)28;1-2-10-4-3-5(7)6(8)9/h1-4,8,12,21H,5-7H2,(H,24,29)(H,27,28)(H,31,32)(H3,20,22,25,26,30);5H,2-4,7H2,1H3,(H,8,9)/t;5-/m.0/s1. The molecule has 0 aliphatic carbocycles. The van der Waals surface area contributed by atoms with Gasteiger partial charge < -0.3 is 37.4 Å². The molecule has 17 heteroatoms. The number of H-pyrrole nitrogens is 1. The largest absolute Gasteiger partial charge is 0.481 e. The van der Waals surface area contributed by atoms with Gasteiger partial charge in [-0.3, -0.25) is 24.2 Å². The molecule has 1 aromatic carbocycles. The van der Waals surface area contributed by atoms with E-state index in [0.717, 1.165) is 11.5 Å². The third-order valence-corrected chi connectivity index (χ3v) is 6.38. The lowest BCUT2D eigenvalue weighted by atomic mass is 10.1. The van der Waals surface area contributed by atoms with E-state index in [4.69, 9.17) is 26.8 Å². The summed E-state index contributed by atoms with van der Waals surface area (Å²) in [6.07, 6.45) is 1.40. The van der Waals surface area contributed by atoms with Crippen LogP contribution in [0.15, 0.2) is 35.3 Å². The molecule has 1 unspecified atom stereocenters. The number of hydrogen-bond donors (Lipinski definition) is 8. The number of aliphatic carboxylic acids is 3. The van der Waals surface area contributed by atoms with Gasteiger partial charge >= 0.3 is 17.9 Å². The summed E-state index contributed by atoms with van der Waals surface area (Å²) in [5, 5.41) is 31.5. The summed E-state index contributed by atoms with van der Waals surface area (Å²) < 4.78 is 0. The molecule has 0 aliphatic rings. The van der Waals surface area contributed by atoms with Crippen molar-refractivity contribution in [1.29, 1.82) is 0 Å². The van der Waals surface area contributed by atoms with Crippen LogP contribution in [0.5, 0.6) is 0 Å². The molecule has 10 N–H and O–H groups in total. The van der Waals surface area contributed by atoms with E-state index in [9.17, 15) is 24.0 Å². The molecule has 16 nitrogen and oxygen atoms in total. The Labute approximate surface area is 243 Å². The summed E-state index contributed by atoms with van der Waals surface area (Å²) in [5.74, 6) is -2.20. The predicted octanol–water partition coefficient (Wildman–Crippen LogP) is 0.497. The molecule has 0 bridgehead atoms. The predicted molar refractivity (Wildman–Crippen MR) is 155 cm³/mol. The van der Waals surface area contributed by atoms with Crippen LogP contribution in [0.2, 0.25) is 0 Å². The van der Waals surface area contributed by atoms with E-state index >= 15 is 0 Å². The van der Waals surface area contributed by atoms with Crippen molar-refractivity contribution in [3.8, 4) is 0 Å². The summed E-state index contributed by atoms with van der Waals surface area (Å²) in [5.41, 5.74) is 11.7. The van der Waals surface area contributed by atoms with Crippen molar-refractivity contribution in [2.75, 3.05) is 22.6 Å². The van der Waals surface area contributed by atoms with Gasteiger partial charge in [0.05, 0.1) is 18.4 Å². The zero-order valence-electron chi connectivity index (χ0n) is 22.6. The Kier molecular flexibility index (Phi) is 13.1. The molecular formula is C25H32N8O8S. The van der Waals surface area contributed by atoms with Crippen molar-refractivity contribution in [2.45, 2.75) is 44.8 Å². The van der Waals surface area contributed by atoms with E-state index in [0.29, 0.717) is 17.8 Å². The fourth-order valence-corrected chi connectivity index (χ4v) is 3.94. The molecular weight excluding hydrogens is 572 g/mol.